The predicted molar refractivity (Wildman–Crippen MR) is 68.9 cm³/mol. The van der Waals surface area contributed by atoms with Gasteiger partial charge in [-0.05, 0) is 6.42 Å². The van der Waals surface area contributed by atoms with Crippen molar-refractivity contribution in [1.29, 1.82) is 0 Å². The molecule has 0 spiro atoms. The molecule has 0 bridgehead atoms. The normalized spacial score (nSPS) is 11.9. The van der Waals surface area contributed by atoms with Crippen molar-refractivity contribution in [2.75, 3.05) is 29.5 Å². The molecular formula is C10H18N6O2. The van der Waals surface area contributed by atoms with Crippen LogP contribution in [-0.2, 0) is 4.79 Å². The Morgan fingerprint density at radius 3 is 2.61 bits per heavy atom. The number of anilines is 3. The summed E-state index contributed by atoms with van der Waals surface area (Å²) in [5.41, 5.74) is 10.5. The summed E-state index contributed by atoms with van der Waals surface area (Å²) in [5, 5.41) is 15.1. The number of nitrogen functional groups attached to an aromatic ring is 1. The van der Waals surface area contributed by atoms with Gasteiger partial charge in [0.1, 0.15) is 17.7 Å². The summed E-state index contributed by atoms with van der Waals surface area (Å²) in [7, 11) is 0. The van der Waals surface area contributed by atoms with Crippen molar-refractivity contribution in [3.8, 4) is 0 Å². The van der Waals surface area contributed by atoms with Crippen molar-refractivity contribution in [3.63, 3.8) is 0 Å². The minimum Gasteiger partial charge on any atom is -0.381 e. The molecule has 8 heteroatoms. The average Bonchev–Trinajstić information content (AvgIpc) is 2.32. The van der Waals surface area contributed by atoms with E-state index in [0.717, 1.165) is 13.0 Å². The maximum atomic E-state index is 10.7. The molecule has 0 aliphatic rings. The predicted octanol–water partition coefficient (Wildman–Crippen LogP) is -0.861. The summed E-state index contributed by atoms with van der Waals surface area (Å²) in [4.78, 5) is 18.6. The number of nitrogens with two attached hydrogens (primary N) is 2. The number of nitrogens with zero attached hydrogens (tertiary/aromatic N) is 2. The number of aliphatic hydroxyl groups is 1. The minimum absolute atomic E-state index is 0.0288. The molecule has 1 aromatic rings. The standard InChI is InChI=1S/C10H18N6O2/c1-2-3-13-7-4-8(16-10(12)15-7)14-5-6(17)9(11)18/h4,6,17H,2-3,5H2,1H3,(H2,11,18)(H4,12,13,14,15,16). The van der Waals surface area contributed by atoms with Crippen molar-refractivity contribution in [3.05, 3.63) is 6.07 Å². The highest BCUT2D eigenvalue weighted by atomic mass is 16.3. The van der Waals surface area contributed by atoms with Gasteiger partial charge in [-0.25, -0.2) is 0 Å². The molecule has 7 N–H and O–H groups in total. The SMILES string of the molecule is CCCNc1cc(NCC(O)C(N)=O)nc(N)n1. The maximum Gasteiger partial charge on any atom is 0.248 e. The third kappa shape index (κ3) is 4.42. The van der Waals surface area contributed by atoms with Crippen LogP contribution >= 0.6 is 0 Å². The molecule has 0 radical (unpaired) electrons. The van der Waals surface area contributed by atoms with Crippen molar-refractivity contribution in [2.45, 2.75) is 19.4 Å². The van der Waals surface area contributed by atoms with E-state index in [1.54, 1.807) is 6.07 Å². The number of carbonyl (C=O) groups excluding carboxylic acids is 1. The van der Waals surface area contributed by atoms with Crippen molar-refractivity contribution >= 4 is 23.5 Å². The highest BCUT2D eigenvalue weighted by molar-refractivity contribution is 5.79. The first-order chi connectivity index (χ1) is 8.52. The molecule has 0 saturated carbocycles. The van der Waals surface area contributed by atoms with E-state index in [4.69, 9.17) is 11.5 Å². The lowest BCUT2D eigenvalue weighted by Gasteiger charge is -2.11. The Kier molecular flexibility index (Phi) is 5.12. The number of aliphatic hydroxyl groups excluding tert-OH is 1. The Morgan fingerprint density at radius 2 is 2.06 bits per heavy atom. The van der Waals surface area contributed by atoms with Gasteiger partial charge < -0.3 is 27.2 Å². The lowest BCUT2D eigenvalue weighted by Crippen LogP contribution is -2.34. The molecule has 1 aromatic heterocycles. The molecule has 0 aromatic carbocycles. The van der Waals surface area contributed by atoms with E-state index in [1.807, 2.05) is 6.92 Å². The molecule has 1 atom stereocenters. The molecule has 1 rings (SSSR count). The summed E-state index contributed by atoms with van der Waals surface area (Å²) in [5.74, 6) is 0.308. The zero-order valence-electron chi connectivity index (χ0n) is 10.2. The van der Waals surface area contributed by atoms with Gasteiger partial charge in [-0.2, -0.15) is 9.97 Å². The second-order valence-corrected chi connectivity index (χ2v) is 3.72. The number of hydrogen-bond donors (Lipinski definition) is 5. The summed E-state index contributed by atoms with van der Waals surface area (Å²) < 4.78 is 0. The van der Waals surface area contributed by atoms with E-state index in [1.165, 1.54) is 0 Å². The van der Waals surface area contributed by atoms with Gasteiger partial charge in [0.15, 0.2) is 0 Å². The van der Waals surface area contributed by atoms with Gasteiger partial charge in [-0.3, -0.25) is 4.79 Å². The van der Waals surface area contributed by atoms with Crippen LogP contribution in [0, 0.1) is 0 Å². The van der Waals surface area contributed by atoms with Gasteiger partial charge in [-0.1, -0.05) is 6.92 Å². The van der Waals surface area contributed by atoms with Crippen LogP contribution in [0.3, 0.4) is 0 Å². The van der Waals surface area contributed by atoms with E-state index in [0.29, 0.717) is 11.6 Å². The third-order valence-corrected chi connectivity index (χ3v) is 2.10. The Morgan fingerprint density at radius 1 is 1.44 bits per heavy atom. The molecule has 1 heterocycles. The van der Waals surface area contributed by atoms with Crippen LogP contribution in [-0.4, -0.2) is 40.2 Å². The van der Waals surface area contributed by atoms with Gasteiger partial charge in [0.05, 0.1) is 6.54 Å². The molecule has 0 aliphatic heterocycles. The lowest BCUT2D eigenvalue weighted by atomic mass is 10.3. The van der Waals surface area contributed by atoms with Crippen molar-refractivity contribution < 1.29 is 9.90 Å². The van der Waals surface area contributed by atoms with Crippen LogP contribution in [0.15, 0.2) is 6.07 Å². The number of nitrogens with one attached hydrogen (secondary N) is 2. The number of amides is 1. The van der Waals surface area contributed by atoms with Gasteiger partial charge in [0, 0.05) is 12.6 Å². The second-order valence-electron chi connectivity index (χ2n) is 3.72. The van der Waals surface area contributed by atoms with E-state index in [9.17, 15) is 9.90 Å². The van der Waals surface area contributed by atoms with Crippen molar-refractivity contribution in [1.82, 2.24) is 9.97 Å². The third-order valence-electron chi connectivity index (χ3n) is 2.10. The van der Waals surface area contributed by atoms with E-state index >= 15 is 0 Å². The summed E-state index contributed by atoms with van der Waals surface area (Å²) in [6.45, 7) is 2.76. The van der Waals surface area contributed by atoms with Gasteiger partial charge in [0.2, 0.25) is 11.9 Å². The molecule has 0 aliphatic carbocycles. The van der Waals surface area contributed by atoms with E-state index in [-0.39, 0.29) is 12.5 Å². The summed E-state index contributed by atoms with van der Waals surface area (Å²) >= 11 is 0. The number of carbonyl (C=O) groups is 1. The monoisotopic (exact) mass is 254 g/mol. The quantitative estimate of drug-likeness (QED) is 0.426. The Balaban J connectivity index is 2.64. The Hall–Kier alpha value is -2.09. The van der Waals surface area contributed by atoms with Crippen molar-refractivity contribution in [2.24, 2.45) is 5.73 Å². The van der Waals surface area contributed by atoms with Gasteiger partial charge >= 0.3 is 0 Å². The van der Waals surface area contributed by atoms with Crippen LogP contribution < -0.4 is 22.1 Å². The molecular weight excluding hydrogens is 236 g/mol. The smallest absolute Gasteiger partial charge is 0.248 e. The number of aromatic nitrogens is 2. The average molecular weight is 254 g/mol. The van der Waals surface area contributed by atoms with Crippen LogP contribution in [0.4, 0.5) is 17.6 Å². The van der Waals surface area contributed by atoms with Gasteiger partial charge in [0.25, 0.3) is 0 Å². The van der Waals surface area contributed by atoms with Crippen LogP contribution in [0.5, 0.6) is 0 Å². The fourth-order valence-electron chi connectivity index (χ4n) is 1.20. The molecule has 0 saturated heterocycles. The highest BCUT2D eigenvalue weighted by Crippen LogP contribution is 2.12. The fraction of sp³-hybridized carbons (Fsp3) is 0.500. The molecule has 100 valence electrons. The Bertz CT molecular complexity index is 411. The van der Waals surface area contributed by atoms with Gasteiger partial charge in [-0.15, -0.1) is 0 Å². The maximum absolute atomic E-state index is 10.7. The highest BCUT2D eigenvalue weighted by Gasteiger charge is 2.11. The Labute approximate surface area is 105 Å². The second kappa shape index (κ2) is 6.60. The first-order valence-electron chi connectivity index (χ1n) is 5.62. The summed E-state index contributed by atoms with van der Waals surface area (Å²) in [6.07, 6.45) is -0.319. The van der Waals surface area contributed by atoms with Crippen LogP contribution in [0.1, 0.15) is 13.3 Å². The summed E-state index contributed by atoms with van der Waals surface area (Å²) in [6, 6.07) is 1.64. The lowest BCUT2D eigenvalue weighted by molar-refractivity contribution is -0.125. The van der Waals surface area contributed by atoms with Crippen LogP contribution in [0.25, 0.3) is 0 Å². The molecule has 18 heavy (non-hydrogen) atoms. The molecule has 1 unspecified atom stereocenters. The molecule has 8 nitrogen and oxygen atoms in total. The minimum atomic E-state index is -1.27. The first-order valence-corrected chi connectivity index (χ1v) is 5.62. The zero-order valence-corrected chi connectivity index (χ0v) is 10.2. The zero-order chi connectivity index (χ0) is 13.5. The largest absolute Gasteiger partial charge is 0.381 e. The van der Waals surface area contributed by atoms with E-state index in [2.05, 4.69) is 20.6 Å². The van der Waals surface area contributed by atoms with E-state index < -0.39 is 12.0 Å². The molecule has 1 amide bonds. The topological polar surface area (TPSA) is 139 Å². The fourth-order valence-corrected chi connectivity index (χ4v) is 1.20. The molecule has 0 fully saturated rings. The first kappa shape index (κ1) is 14.0. The number of rotatable bonds is 7. The number of primary amides is 1. The number of hydrogen-bond acceptors (Lipinski definition) is 7. The van der Waals surface area contributed by atoms with Crippen LogP contribution in [0.2, 0.25) is 0 Å².